The molecule has 0 saturated carbocycles. The molecule has 0 bridgehead atoms. The quantitative estimate of drug-likeness (QED) is 0.877. The molecule has 118 valence electrons. The molecule has 2 atom stereocenters. The Morgan fingerprint density at radius 1 is 1.19 bits per heavy atom. The van der Waals surface area contributed by atoms with Crippen molar-refractivity contribution in [3.63, 3.8) is 0 Å². The molecule has 2 unspecified atom stereocenters. The number of halogens is 3. The molecular weight excluding hydrogens is 281 g/mol. The summed E-state index contributed by atoms with van der Waals surface area (Å²) < 4.78 is 37.4. The predicted octanol–water partition coefficient (Wildman–Crippen LogP) is 3.26. The highest BCUT2D eigenvalue weighted by Crippen LogP contribution is 2.29. The Kier molecular flexibility index (Phi) is 5.78. The van der Waals surface area contributed by atoms with Crippen molar-refractivity contribution < 1.29 is 18.0 Å². The van der Waals surface area contributed by atoms with Crippen LogP contribution in [-0.4, -0.2) is 11.9 Å². The van der Waals surface area contributed by atoms with Crippen LogP contribution in [0.25, 0.3) is 0 Å². The van der Waals surface area contributed by atoms with E-state index in [1.54, 1.807) is 6.92 Å². The lowest BCUT2D eigenvalue weighted by Crippen LogP contribution is -2.42. The Morgan fingerprint density at radius 2 is 1.71 bits per heavy atom. The maximum Gasteiger partial charge on any atom is 0.416 e. The number of nitrogens with one attached hydrogen (secondary N) is 1. The molecule has 21 heavy (non-hydrogen) atoms. The first-order valence-electron chi connectivity index (χ1n) is 6.84. The van der Waals surface area contributed by atoms with Crippen LogP contribution in [0.5, 0.6) is 0 Å². The lowest BCUT2D eigenvalue weighted by Gasteiger charge is -2.19. The van der Waals surface area contributed by atoms with E-state index in [-0.39, 0.29) is 5.91 Å². The lowest BCUT2D eigenvalue weighted by molar-refractivity contribution is -0.137. The summed E-state index contributed by atoms with van der Waals surface area (Å²) in [6.45, 7) is 5.64. The monoisotopic (exact) mass is 302 g/mol. The van der Waals surface area contributed by atoms with Crippen LogP contribution in [0.1, 0.15) is 44.4 Å². The summed E-state index contributed by atoms with van der Waals surface area (Å²) in [7, 11) is 0. The number of nitrogens with two attached hydrogens (primary N) is 1. The van der Waals surface area contributed by atoms with Gasteiger partial charge in [0, 0.05) is 0 Å². The van der Waals surface area contributed by atoms with E-state index in [4.69, 9.17) is 5.73 Å². The first-order chi connectivity index (χ1) is 9.61. The molecule has 3 N–H and O–H groups in total. The summed E-state index contributed by atoms with van der Waals surface area (Å²) in [5.74, 6) is 0.00298. The van der Waals surface area contributed by atoms with Gasteiger partial charge in [0.15, 0.2) is 0 Å². The smallest absolute Gasteiger partial charge is 0.348 e. The zero-order valence-corrected chi connectivity index (χ0v) is 12.4. The van der Waals surface area contributed by atoms with Gasteiger partial charge >= 0.3 is 6.18 Å². The molecule has 0 radical (unpaired) electrons. The topological polar surface area (TPSA) is 55.1 Å². The molecule has 3 nitrogen and oxygen atoms in total. The number of hydrogen-bond donors (Lipinski definition) is 2. The summed E-state index contributed by atoms with van der Waals surface area (Å²) in [6, 6.07) is 3.74. The predicted molar refractivity (Wildman–Crippen MR) is 75.4 cm³/mol. The average molecular weight is 302 g/mol. The summed E-state index contributed by atoms with van der Waals surface area (Å²) in [4.78, 5) is 11.9. The van der Waals surface area contributed by atoms with Crippen LogP contribution < -0.4 is 11.1 Å². The zero-order chi connectivity index (χ0) is 16.2. The van der Waals surface area contributed by atoms with Crippen molar-refractivity contribution in [3.8, 4) is 0 Å². The second-order valence-corrected chi connectivity index (χ2v) is 5.59. The minimum absolute atomic E-state index is 0.295. The van der Waals surface area contributed by atoms with Gasteiger partial charge in [0.05, 0.1) is 17.6 Å². The Labute approximate surface area is 122 Å². The molecule has 0 heterocycles. The maximum atomic E-state index is 12.5. The summed E-state index contributed by atoms with van der Waals surface area (Å²) in [6.07, 6.45) is -3.80. The second kappa shape index (κ2) is 6.93. The Bertz CT molecular complexity index is 469. The lowest BCUT2D eigenvalue weighted by atomic mass is 10.0. The SMILES string of the molecule is CC(C)CC(N)C(=O)NC(C)c1ccc(C(F)(F)F)cc1. The third-order valence-corrected chi connectivity index (χ3v) is 3.16. The first-order valence-corrected chi connectivity index (χ1v) is 6.84. The normalized spacial score (nSPS) is 14.9. The van der Waals surface area contributed by atoms with Crippen molar-refractivity contribution in [2.45, 2.75) is 45.5 Å². The van der Waals surface area contributed by atoms with Gasteiger partial charge in [-0.3, -0.25) is 4.79 Å². The summed E-state index contributed by atoms with van der Waals surface area (Å²) in [5.41, 5.74) is 5.66. The van der Waals surface area contributed by atoms with Gasteiger partial charge in [-0.1, -0.05) is 26.0 Å². The average Bonchev–Trinajstić information content (AvgIpc) is 2.36. The molecule has 0 aliphatic carbocycles. The summed E-state index contributed by atoms with van der Waals surface area (Å²) >= 11 is 0. The standard InChI is InChI=1S/C15H21F3N2O/c1-9(2)8-13(19)14(21)20-10(3)11-4-6-12(7-5-11)15(16,17)18/h4-7,9-10,13H,8,19H2,1-3H3,(H,20,21). The van der Waals surface area contributed by atoms with Crippen LogP contribution in [0.4, 0.5) is 13.2 Å². The molecule has 6 heteroatoms. The van der Waals surface area contributed by atoms with Gasteiger partial charge in [-0.2, -0.15) is 13.2 Å². The van der Waals surface area contributed by atoms with Crippen LogP contribution in [-0.2, 0) is 11.0 Å². The van der Waals surface area contributed by atoms with Crippen molar-refractivity contribution in [1.29, 1.82) is 0 Å². The molecule has 0 aliphatic rings. The van der Waals surface area contributed by atoms with E-state index in [1.165, 1.54) is 12.1 Å². The van der Waals surface area contributed by atoms with Crippen molar-refractivity contribution in [2.75, 3.05) is 0 Å². The minimum Gasteiger partial charge on any atom is -0.348 e. The zero-order valence-electron chi connectivity index (χ0n) is 12.4. The number of hydrogen-bond acceptors (Lipinski definition) is 2. The highest BCUT2D eigenvalue weighted by Gasteiger charge is 2.30. The third kappa shape index (κ3) is 5.38. The molecular formula is C15H21F3N2O. The van der Waals surface area contributed by atoms with E-state index in [0.717, 1.165) is 12.1 Å². The highest BCUT2D eigenvalue weighted by atomic mass is 19.4. The highest BCUT2D eigenvalue weighted by molar-refractivity contribution is 5.81. The van der Waals surface area contributed by atoms with Crippen molar-refractivity contribution in [3.05, 3.63) is 35.4 Å². The number of carbonyl (C=O) groups is 1. The van der Waals surface area contributed by atoms with E-state index in [9.17, 15) is 18.0 Å². The van der Waals surface area contributed by atoms with Crippen LogP contribution in [0, 0.1) is 5.92 Å². The number of alkyl halides is 3. The molecule has 1 aromatic rings. The Morgan fingerprint density at radius 3 is 2.14 bits per heavy atom. The van der Waals surface area contributed by atoms with Gasteiger partial charge in [0.1, 0.15) is 0 Å². The molecule has 1 amide bonds. The van der Waals surface area contributed by atoms with Crippen molar-refractivity contribution >= 4 is 5.91 Å². The fourth-order valence-electron chi connectivity index (χ4n) is 1.98. The number of carbonyl (C=O) groups excluding carboxylic acids is 1. The molecule has 0 aromatic heterocycles. The molecule has 0 saturated heterocycles. The van der Waals surface area contributed by atoms with Crippen molar-refractivity contribution in [1.82, 2.24) is 5.32 Å². The Hall–Kier alpha value is -1.56. The number of benzene rings is 1. The number of amides is 1. The number of rotatable bonds is 5. The van der Waals surface area contributed by atoms with Gasteiger partial charge in [-0.25, -0.2) is 0 Å². The van der Waals surface area contributed by atoms with E-state index < -0.39 is 23.8 Å². The molecule has 0 spiro atoms. The van der Waals surface area contributed by atoms with Crippen molar-refractivity contribution in [2.24, 2.45) is 11.7 Å². The largest absolute Gasteiger partial charge is 0.416 e. The maximum absolute atomic E-state index is 12.5. The summed E-state index contributed by atoms with van der Waals surface area (Å²) in [5, 5.41) is 2.71. The fourth-order valence-corrected chi connectivity index (χ4v) is 1.98. The Balaban J connectivity index is 2.67. The van der Waals surface area contributed by atoms with Crippen LogP contribution in [0.2, 0.25) is 0 Å². The van der Waals surface area contributed by atoms with Gasteiger partial charge in [-0.15, -0.1) is 0 Å². The molecule has 0 fully saturated rings. The van der Waals surface area contributed by atoms with E-state index in [2.05, 4.69) is 5.32 Å². The van der Waals surface area contributed by atoms with Crippen LogP contribution >= 0.6 is 0 Å². The van der Waals surface area contributed by atoms with E-state index in [0.29, 0.717) is 17.9 Å². The second-order valence-electron chi connectivity index (χ2n) is 5.59. The van der Waals surface area contributed by atoms with Gasteiger partial charge in [0.2, 0.25) is 5.91 Å². The molecule has 1 aromatic carbocycles. The third-order valence-electron chi connectivity index (χ3n) is 3.16. The van der Waals surface area contributed by atoms with Gasteiger partial charge < -0.3 is 11.1 Å². The fraction of sp³-hybridized carbons (Fsp3) is 0.533. The molecule has 1 rings (SSSR count). The van der Waals surface area contributed by atoms with Gasteiger partial charge in [-0.05, 0) is 37.0 Å². The van der Waals surface area contributed by atoms with Crippen LogP contribution in [0.15, 0.2) is 24.3 Å². The van der Waals surface area contributed by atoms with Crippen LogP contribution in [0.3, 0.4) is 0 Å². The van der Waals surface area contributed by atoms with E-state index in [1.807, 2.05) is 13.8 Å². The van der Waals surface area contributed by atoms with Gasteiger partial charge in [0.25, 0.3) is 0 Å². The van der Waals surface area contributed by atoms with E-state index >= 15 is 0 Å². The molecule has 0 aliphatic heterocycles. The first kappa shape index (κ1) is 17.5. The minimum atomic E-state index is -4.36.